The van der Waals surface area contributed by atoms with E-state index in [1.807, 2.05) is 19.9 Å². The molecule has 190 valence electrons. The molecule has 1 heterocycles. The largest absolute Gasteiger partial charge is 0.457 e. The van der Waals surface area contributed by atoms with Gasteiger partial charge in [0.2, 0.25) is 10.0 Å². The van der Waals surface area contributed by atoms with Crippen LogP contribution in [0.5, 0.6) is 11.5 Å². The van der Waals surface area contributed by atoms with Gasteiger partial charge in [-0.3, -0.25) is 10.1 Å². The molecule has 0 saturated carbocycles. The van der Waals surface area contributed by atoms with Crippen LogP contribution in [0.15, 0.2) is 35.2 Å². The van der Waals surface area contributed by atoms with Gasteiger partial charge in [0.05, 0.1) is 15.4 Å². The lowest BCUT2D eigenvalue weighted by Crippen LogP contribution is -2.51. The molecule has 35 heavy (non-hydrogen) atoms. The number of sulfonamides is 1. The van der Waals surface area contributed by atoms with Crippen LogP contribution in [-0.2, 0) is 14.8 Å². The molecule has 0 N–H and O–H groups in total. The first-order valence-corrected chi connectivity index (χ1v) is 12.6. The van der Waals surface area contributed by atoms with E-state index in [1.54, 1.807) is 32.9 Å². The van der Waals surface area contributed by atoms with Gasteiger partial charge in [0.1, 0.15) is 17.1 Å². The third-order valence-corrected chi connectivity index (χ3v) is 7.33. The third-order valence-electron chi connectivity index (χ3n) is 5.45. The van der Waals surface area contributed by atoms with Crippen LogP contribution in [0.4, 0.5) is 10.5 Å². The zero-order valence-electron chi connectivity index (χ0n) is 20.8. The highest BCUT2D eigenvalue weighted by atomic mass is 32.2. The Morgan fingerprint density at radius 3 is 2.06 bits per heavy atom. The molecule has 2 aromatic rings. The zero-order valence-corrected chi connectivity index (χ0v) is 21.6. The predicted octanol–water partition coefficient (Wildman–Crippen LogP) is 4.55. The Kier molecular flexibility index (Phi) is 7.42. The van der Waals surface area contributed by atoms with Crippen LogP contribution in [0.25, 0.3) is 0 Å². The Morgan fingerprint density at radius 1 is 0.971 bits per heavy atom. The molecule has 0 atom stereocenters. The maximum absolute atomic E-state index is 13.4. The van der Waals surface area contributed by atoms with Crippen LogP contribution in [-0.4, -0.2) is 60.4 Å². The Bertz CT molecular complexity index is 1220. The molecular weight excluding hydrogens is 474 g/mol. The van der Waals surface area contributed by atoms with E-state index in [0.29, 0.717) is 5.75 Å². The summed E-state index contributed by atoms with van der Waals surface area (Å²) < 4.78 is 39.3. The molecule has 0 spiro atoms. The molecular formula is C24H31N3O7S. The minimum absolute atomic E-state index is 0.0382. The van der Waals surface area contributed by atoms with Crippen molar-refractivity contribution in [3.05, 3.63) is 57.1 Å². The Hall–Kier alpha value is -3.18. The first kappa shape index (κ1) is 26.4. The number of carbonyl (C=O) groups is 1. The number of nitrogens with zero attached hydrogens (tertiary/aromatic N) is 3. The summed E-state index contributed by atoms with van der Waals surface area (Å²) in [5.74, 6) is 0.551. The van der Waals surface area contributed by atoms with Gasteiger partial charge >= 0.3 is 6.09 Å². The van der Waals surface area contributed by atoms with Crippen molar-refractivity contribution in [1.29, 1.82) is 0 Å². The van der Waals surface area contributed by atoms with Crippen LogP contribution in [0.3, 0.4) is 0 Å². The topological polar surface area (TPSA) is 119 Å². The molecule has 0 unspecified atom stereocenters. The second kappa shape index (κ2) is 9.82. The molecule has 0 aromatic heterocycles. The van der Waals surface area contributed by atoms with Crippen molar-refractivity contribution in [3.8, 4) is 11.5 Å². The minimum atomic E-state index is -4.08. The van der Waals surface area contributed by atoms with Crippen molar-refractivity contribution < 1.29 is 27.6 Å². The van der Waals surface area contributed by atoms with Crippen LogP contribution in [0.1, 0.15) is 37.5 Å². The van der Waals surface area contributed by atoms with E-state index < -0.39 is 26.6 Å². The number of rotatable bonds is 5. The molecule has 0 radical (unpaired) electrons. The maximum Gasteiger partial charge on any atom is 0.410 e. The number of nitro benzene ring substituents is 1. The number of carbonyl (C=O) groups excluding carboxylic acids is 1. The summed E-state index contributed by atoms with van der Waals surface area (Å²) in [6, 6.07) is 7.87. The van der Waals surface area contributed by atoms with E-state index in [2.05, 4.69) is 0 Å². The predicted molar refractivity (Wildman–Crippen MR) is 130 cm³/mol. The standard InChI is InChI=1S/C24H31N3O7S/c1-16-11-17(2)13-19(12-16)33-22-15-20(14-21(18(22)3)27(29)30)35(31,32)26-9-7-25(8-10-26)23(28)34-24(4,5)6/h11-15H,7-10H2,1-6H3. The number of ether oxygens (including phenoxy) is 2. The highest BCUT2D eigenvalue weighted by Crippen LogP contribution is 2.36. The monoisotopic (exact) mass is 505 g/mol. The second-order valence-corrected chi connectivity index (χ2v) is 11.6. The molecule has 1 saturated heterocycles. The number of hydrogen-bond donors (Lipinski definition) is 0. The van der Waals surface area contributed by atoms with Gasteiger partial charge < -0.3 is 14.4 Å². The van der Waals surface area contributed by atoms with Gasteiger partial charge in [0, 0.05) is 38.3 Å². The summed E-state index contributed by atoms with van der Waals surface area (Å²) >= 11 is 0. The average Bonchev–Trinajstić information content (AvgIpc) is 2.73. The Balaban J connectivity index is 1.89. The van der Waals surface area contributed by atoms with E-state index >= 15 is 0 Å². The molecule has 1 fully saturated rings. The van der Waals surface area contributed by atoms with E-state index in [-0.39, 0.29) is 48.1 Å². The Labute approximate surface area is 205 Å². The van der Waals surface area contributed by atoms with E-state index in [1.165, 1.54) is 22.2 Å². The fourth-order valence-corrected chi connectivity index (χ4v) is 5.26. The van der Waals surface area contributed by atoms with Gasteiger partial charge in [0.25, 0.3) is 5.69 Å². The Morgan fingerprint density at radius 2 is 1.54 bits per heavy atom. The number of hydrogen-bond acceptors (Lipinski definition) is 7. The fraction of sp³-hybridized carbons (Fsp3) is 0.458. The first-order chi connectivity index (χ1) is 16.2. The van der Waals surface area contributed by atoms with Crippen LogP contribution < -0.4 is 4.74 Å². The molecule has 3 rings (SSSR count). The molecule has 11 heteroatoms. The lowest BCUT2D eigenvalue weighted by atomic mass is 10.1. The fourth-order valence-electron chi connectivity index (χ4n) is 3.80. The molecule has 1 amide bonds. The maximum atomic E-state index is 13.4. The van der Waals surface area contributed by atoms with E-state index in [9.17, 15) is 23.3 Å². The van der Waals surface area contributed by atoms with Gasteiger partial charge in [-0.15, -0.1) is 0 Å². The number of nitro groups is 1. The average molecular weight is 506 g/mol. The van der Waals surface area contributed by atoms with Crippen molar-refractivity contribution in [2.75, 3.05) is 26.2 Å². The summed E-state index contributed by atoms with van der Waals surface area (Å²) in [6.45, 7) is 11.0. The SMILES string of the molecule is Cc1cc(C)cc(Oc2cc(S(=O)(=O)N3CCN(C(=O)OC(C)(C)C)CC3)cc([N+](=O)[O-])c2C)c1. The van der Waals surface area contributed by atoms with Crippen molar-refractivity contribution in [1.82, 2.24) is 9.21 Å². The lowest BCUT2D eigenvalue weighted by Gasteiger charge is -2.35. The van der Waals surface area contributed by atoms with Crippen LogP contribution in [0.2, 0.25) is 0 Å². The normalized spacial score (nSPS) is 15.1. The smallest absolute Gasteiger partial charge is 0.410 e. The van der Waals surface area contributed by atoms with Crippen molar-refractivity contribution in [3.63, 3.8) is 0 Å². The molecule has 10 nitrogen and oxygen atoms in total. The highest BCUT2D eigenvalue weighted by Gasteiger charge is 2.34. The van der Waals surface area contributed by atoms with Gasteiger partial charge in [-0.2, -0.15) is 4.31 Å². The van der Waals surface area contributed by atoms with Gasteiger partial charge in [-0.25, -0.2) is 13.2 Å². The molecule has 2 aromatic carbocycles. The molecule has 0 bridgehead atoms. The van der Waals surface area contributed by atoms with E-state index in [4.69, 9.17) is 9.47 Å². The van der Waals surface area contributed by atoms with Gasteiger partial charge in [-0.05, 0) is 64.8 Å². The zero-order chi connectivity index (χ0) is 26.1. The van der Waals surface area contributed by atoms with Crippen molar-refractivity contribution in [2.24, 2.45) is 0 Å². The molecule has 0 aliphatic carbocycles. The minimum Gasteiger partial charge on any atom is -0.457 e. The number of benzene rings is 2. The summed E-state index contributed by atoms with van der Waals surface area (Å²) in [7, 11) is -4.08. The summed E-state index contributed by atoms with van der Waals surface area (Å²) in [5.41, 5.74) is 1.10. The number of piperazine rings is 1. The summed E-state index contributed by atoms with van der Waals surface area (Å²) in [6.07, 6.45) is -0.510. The van der Waals surface area contributed by atoms with E-state index in [0.717, 1.165) is 17.2 Å². The van der Waals surface area contributed by atoms with Crippen LogP contribution >= 0.6 is 0 Å². The van der Waals surface area contributed by atoms with Gasteiger partial charge in [0.15, 0.2) is 0 Å². The lowest BCUT2D eigenvalue weighted by molar-refractivity contribution is -0.385. The van der Waals surface area contributed by atoms with Gasteiger partial charge in [-0.1, -0.05) is 6.07 Å². The summed E-state index contributed by atoms with van der Waals surface area (Å²) in [4.78, 5) is 24.6. The molecule has 1 aliphatic rings. The quantitative estimate of drug-likeness (QED) is 0.432. The number of amides is 1. The van der Waals surface area contributed by atoms with Crippen molar-refractivity contribution in [2.45, 2.75) is 52.0 Å². The molecule has 1 aliphatic heterocycles. The third kappa shape index (κ3) is 6.29. The first-order valence-electron chi connectivity index (χ1n) is 11.2. The second-order valence-electron chi connectivity index (χ2n) is 9.62. The van der Waals surface area contributed by atoms with Crippen molar-refractivity contribution >= 4 is 21.8 Å². The highest BCUT2D eigenvalue weighted by molar-refractivity contribution is 7.89. The number of aryl methyl sites for hydroxylation is 2. The van der Waals surface area contributed by atoms with Crippen LogP contribution in [0, 0.1) is 30.9 Å². The summed E-state index contributed by atoms with van der Waals surface area (Å²) in [5, 5.41) is 11.7.